The zero-order valence-electron chi connectivity index (χ0n) is 7.43. The molecular formula is C10H6F3NO. The highest BCUT2D eigenvalue weighted by atomic mass is 19.4. The zero-order chi connectivity index (χ0) is 11.1. The number of aromatic nitrogens is 1. The van der Waals surface area contributed by atoms with Crippen LogP contribution in [0.25, 0.3) is 10.9 Å². The number of aldehydes is 1. The first kappa shape index (κ1) is 9.76. The molecule has 0 saturated carbocycles. The van der Waals surface area contributed by atoms with Crippen molar-refractivity contribution in [3.63, 3.8) is 0 Å². The predicted octanol–water partition coefficient (Wildman–Crippen LogP) is 3.00. The maximum atomic E-state index is 12.4. The molecule has 5 heteroatoms. The zero-order valence-corrected chi connectivity index (χ0v) is 7.43. The lowest BCUT2D eigenvalue weighted by atomic mass is 10.1. The fourth-order valence-corrected chi connectivity index (χ4v) is 1.42. The minimum absolute atomic E-state index is 0.233. The summed E-state index contributed by atoms with van der Waals surface area (Å²) in [4.78, 5) is 13.3. The van der Waals surface area contributed by atoms with Gasteiger partial charge in [-0.2, -0.15) is 13.2 Å². The van der Waals surface area contributed by atoms with Gasteiger partial charge in [-0.15, -0.1) is 0 Å². The Labute approximate surface area is 82.7 Å². The Hall–Kier alpha value is -1.78. The van der Waals surface area contributed by atoms with Crippen molar-refractivity contribution in [3.8, 4) is 0 Å². The Morgan fingerprint density at radius 2 is 2.00 bits per heavy atom. The van der Waals surface area contributed by atoms with Crippen LogP contribution in [0, 0.1) is 0 Å². The maximum Gasteiger partial charge on any atom is 0.416 e. The summed E-state index contributed by atoms with van der Waals surface area (Å²) in [6, 6.07) is 3.26. The Bertz CT molecular complexity index is 513. The van der Waals surface area contributed by atoms with Crippen molar-refractivity contribution in [2.45, 2.75) is 6.18 Å². The number of carbonyl (C=O) groups excluding carboxylic acids is 1. The second-order valence-electron chi connectivity index (χ2n) is 3.12. The SMILES string of the molecule is O=Cc1c[nH]c2ccc(C(F)(F)F)cc12. The van der Waals surface area contributed by atoms with E-state index in [1.807, 2.05) is 0 Å². The molecule has 0 amide bonds. The van der Waals surface area contributed by atoms with Crippen LogP contribution in [-0.4, -0.2) is 11.3 Å². The van der Waals surface area contributed by atoms with Crippen LogP contribution in [0.15, 0.2) is 24.4 Å². The summed E-state index contributed by atoms with van der Waals surface area (Å²) in [6.07, 6.45) is -2.47. The molecular weight excluding hydrogens is 207 g/mol. The van der Waals surface area contributed by atoms with E-state index in [1.54, 1.807) is 0 Å². The minimum Gasteiger partial charge on any atom is -0.360 e. The molecule has 0 fully saturated rings. The van der Waals surface area contributed by atoms with Crippen molar-refractivity contribution < 1.29 is 18.0 Å². The number of benzene rings is 1. The van der Waals surface area contributed by atoms with Gasteiger partial charge in [0.2, 0.25) is 0 Å². The van der Waals surface area contributed by atoms with Gasteiger partial charge in [0.25, 0.3) is 0 Å². The van der Waals surface area contributed by atoms with E-state index < -0.39 is 11.7 Å². The molecule has 1 N–H and O–H groups in total. The fourth-order valence-electron chi connectivity index (χ4n) is 1.42. The third kappa shape index (κ3) is 1.60. The highest BCUT2D eigenvalue weighted by Crippen LogP contribution is 2.31. The predicted molar refractivity (Wildman–Crippen MR) is 48.7 cm³/mol. The number of nitrogens with one attached hydrogen (secondary N) is 1. The largest absolute Gasteiger partial charge is 0.416 e. The number of halogens is 3. The highest BCUT2D eigenvalue weighted by molar-refractivity contribution is 5.97. The molecule has 0 atom stereocenters. The van der Waals surface area contributed by atoms with E-state index in [2.05, 4.69) is 4.98 Å². The van der Waals surface area contributed by atoms with E-state index in [-0.39, 0.29) is 5.56 Å². The average Bonchev–Trinajstić information content (AvgIpc) is 2.57. The van der Waals surface area contributed by atoms with Crippen LogP contribution in [0.3, 0.4) is 0 Å². The molecule has 1 heterocycles. The quantitative estimate of drug-likeness (QED) is 0.725. The Morgan fingerprint density at radius 3 is 2.60 bits per heavy atom. The van der Waals surface area contributed by atoms with Gasteiger partial charge in [0, 0.05) is 22.7 Å². The van der Waals surface area contributed by atoms with Crippen LogP contribution in [0.4, 0.5) is 13.2 Å². The number of carbonyl (C=O) groups is 1. The number of hydrogen-bond acceptors (Lipinski definition) is 1. The van der Waals surface area contributed by atoms with Gasteiger partial charge in [0.05, 0.1) is 5.56 Å². The van der Waals surface area contributed by atoms with Gasteiger partial charge >= 0.3 is 6.18 Å². The molecule has 0 aliphatic carbocycles. The second-order valence-corrected chi connectivity index (χ2v) is 3.12. The Balaban J connectivity index is 2.68. The second kappa shape index (κ2) is 3.12. The first-order valence-electron chi connectivity index (χ1n) is 4.16. The van der Waals surface area contributed by atoms with E-state index in [1.165, 1.54) is 12.3 Å². The van der Waals surface area contributed by atoms with Crippen LogP contribution < -0.4 is 0 Å². The van der Waals surface area contributed by atoms with Gasteiger partial charge in [-0.25, -0.2) is 0 Å². The fraction of sp³-hybridized carbons (Fsp3) is 0.100. The normalized spacial score (nSPS) is 11.9. The molecule has 1 aromatic carbocycles. The smallest absolute Gasteiger partial charge is 0.360 e. The number of alkyl halides is 3. The molecule has 78 valence electrons. The monoisotopic (exact) mass is 213 g/mol. The third-order valence-electron chi connectivity index (χ3n) is 2.17. The molecule has 15 heavy (non-hydrogen) atoms. The number of H-pyrrole nitrogens is 1. The average molecular weight is 213 g/mol. The van der Waals surface area contributed by atoms with E-state index >= 15 is 0 Å². The first-order chi connectivity index (χ1) is 7.02. The molecule has 1 aromatic heterocycles. The Morgan fingerprint density at radius 1 is 1.27 bits per heavy atom. The molecule has 0 unspecified atom stereocenters. The van der Waals surface area contributed by atoms with Crippen molar-refractivity contribution in [2.24, 2.45) is 0 Å². The summed E-state index contributed by atoms with van der Waals surface area (Å²) in [6.45, 7) is 0. The summed E-state index contributed by atoms with van der Waals surface area (Å²) in [5, 5.41) is 0.292. The van der Waals surface area contributed by atoms with Gasteiger partial charge in [0.1, 0.15) is 0 Å². The van der Waals surface area contributed by atoms with E-state index in [0.29, 0.717) is 17.2 Å². The lowest BCUT2D eigenvalue weighted by molar-refractivity contribution is -0.137. The lowest BCUT2D eigenvalue weighted by Crippen LogP contribution is -2.04. The number of hydrogen-bond donors (Lipinski definition) is 1. The summed E-state index contributed by atoms with van der Waals surface area (Å²) in [5.41, 5.74) is -0.00102. The summed E-state index contributed by atoms with van der Waals surface area (Å²) in [7, 11) is 0. The lowest BCUT2D eigenvalue weighted by Gasteiger charge is -2.05. The first-order valence-corrected chi connectivity index (χ1v) is 4.16. The van der Waals surface area contributed by atoms with Crippen molar-refractivity contribution in [1.29, 1.82) is 0 Å². The van der Waals surface area contributed by atoms with Gasteiger partial charge in [-0.05, 0) is 18.2 Å². The summed E-state index contributed by atoms with van der Waals surface area (Å²) < 4.78 is 37.1. The molecule has 0 radical (unpaired) electrons. The highest BCUT2D eigenvalue weighted by Gasteiger charge is 2.30. The summed E-state index contributed by atoms with van der Waals surface area (Å²) >= 11 is 0. The van der Waals surface area contributed by atoms with Crippen molar-refractivity contribution in [3.05, 3.63) is 35.5 Å². The van der Waals surface area contributed by atoms with Crippen molar-refractivity contribution >= 4 is 17.2 Å². The molecule has 0 aliphatic rings. The maximum absolute atomic E-state index is 12.4. The third-order valence-corrected chi connectivity index (χ3v) is 2.17. The van der Waals surface area contributed by atoms with E-state index in [9.17, 15) is 18.0 Å². The van der Waals surface area contributed by atoms with Crippen molar-refractivity contribution in [1.82, 2.24) is 4.98 Å². The van der Waals surface area contributed by atoms with Crippen LogP contribution in [0.1, 0.15) is 15.9 Å². The molecule has 2 nitrogen and oxygen atoms in total. The van der Waals surface area contributed by atoms with Gasteiger partial charge in [-0.3, -0.25) is 4.79 Å². The van der Waals surface area contributed by atoms with Crippen LogP contribution in [0.5, 0.6) is 0 Å². The standard InChI is InChI=1S/C10H6F3NO/c11-10(12,13)7-1-2-9-8(3-7)6(5-15)4-14-9/h1-5,14H. The summed E-state index contributed by atoms with van der Waals surface area (Å²) in [5.74, 6) is 0. The topological polar surface area (TPSA) is 32.9 Å². The van der Waals surface area contributed by atoms with Gasteiger partial charge in [0.15, 0.2) is 6.29 Å². The molecule has 2 aromatic rings. The van der Waals surface area contributed by atoms with E-state index in [4.69, 9.17) is 0 Å². The molecule has 0 aliphatic heterocycles. The van der Waals surface area contributed by atoms with Crippen molar-refractivity contribution in [2.75, 3.05) is 0 Å². The number of aromatic amines is 1. The molecule has 0 bridgehead atoms. The van der Waals surface area contributed by atoms with Crippen LogP contribution in [-0.2, 0) is 6.18 Å². The Kier molecular flexibility index (Phi) is 2.03. The van der Waals surface area contributed by atoms with Gasteiger partial charge in [-0.1, -0.05) is 0 Å². The number of fused-ring (bicyclic) bond motifs is 1. The van der Waals surface area contributed by atoms with Gasteiger partial charge < -0.3 is 4.98 Å². The van der Waals surface area contributed by atoms with Crippen LogP contribution in [0.2, 0.25) is 0 Å². The minimum atomic E-state index is -4.38. The molecule has 0 saturated heterocycles. The number of rotatable bonds is 1. The van der Waals surface area contributed by atoms with E-state index in [0.717, 1.165) is 12.1 Å². The molecule has 2 rings (SSSR count). The van der Waals surface area contributed by atoms with Crippen LogP contribution >= 0.6 is 0 Å². The molecule has 0 spiro atoms.